The number of rotatable bonds is 5. The highest BCUT2D eigenvalue weighted by Crippen LogP contribution is 2.37. The standard InChI is InChI=1S/C13H17N3O2/c1-9-8-10(9)13(18)15-7-5-12(17)16-11-4-2-3-6-14-11/h2-4,6,9-10H,5,7-8H2,1H3,(H,15,18)(H,14,16,17)/t9-,10-/m1/s1. The number of pyridine rings is 1. The van der Waals surface area contributed by atoms with Crippen LogP contribution in [-0.2, 0) is 9.59 Å². The summed E-state index contributed by atoms with van der Waals surface area (Å²) in [5, 5.41) is 5.44. The minimum Gasteiger partial charge on any atom is -0.355 e. The number of nitrogens with zero attached hydrogens (tertiary/aromatic N) is 1. The largest absolute Gasteiger partial charge is 0.355 e. The van der Waals surface area contributed by atoms with Crippen molar-refractivity contribution in [2.24, 2.45) is 11.8 Å². The third kappa shape index (κ3) is 3.55. The van der Waals surface area contributed by atoms with E-state index in [9.17, 15) is 9.59 Å². The predicted octanol–water partition coefficient (Wildman–Crippen LogP) is 1.18. The second-order valence-electron chi connectivity index (χ2n) is 4.62. The summed E-state index contributed by atoms with van der Waals surface area (Å²) in [6.07, 6.45) is 2.85. The lowest BCUT2D eigenvalue weighted by molar-refractivity contribution is -0.122. The molecule has 0 spiro atoms. The van der Waals surface area contributed by atoms with Crippen molar-refractivity contribution in [3.8, 4) is 0 Å². The number of hydrogen-bond acceptors (Lipinski definition) is 3. The summed E-state index contributed by atoms with van der Waals surface area (Å²) in [5.74, 6) is 1.10. The molecule has 1 aromatic rings. The first-order valence-electron chi connectivity index (χ1n) is 6.15. The molecule has 1 saturated carbocycles. The SMILES string of the molecule is C[C@@H]1C[C@H]1C(=O)NCCC(=O)Nc1ccccn1. The summed E-state index contributed by atoms with van der Waals surface area (Å²) in [6.45, 7) is 2.43. The smallest absolute Gasteiger partial charge is 0.227 e. The molecule has 0 aromatic carbocycles. The minimum atomic E-state index is -0.141. The molecule has 18 heavy (non-hydrogen) atoms. The summed E-state index contributed by atoms with van der Waals surface area (Å²) >= 11 is 0. The summed E-state index contributed by atoms with van der Waals surface area (Å²) in [4.78, 5) is 27.0. The van der Waals surface area contributed by atoms with Gasteiger partial charge < -0.3 is 10.6 Å². The second kappa shape index (κ2) is 5.62. The van der Waals surface area contributed by atoms with E-state index < -0.39 is 0 Å². The van der Waals surface area contributed by atoms with Gasteiger partial charge in [-0.05, 0) is 24.5 Å². The van der Waals surface area contributed by atoms with Gasteiger partial charge >= 0.3 is 0 Å². The zero-order valence-electron chi connectivity index (χ0n) is 10.3. The van der Waals surface area contributed by atoms with E-state index in [0.29, 0.717) is 18.3 Å². The molecule has 2 N–H and O–H groups in total. The maximum Gasteiger partial charge on any atom is 0.227 e. The average Bonchev–Trinajstić information content (AvgIpc) is 3.07. The van der Waals surface area contributed by atoms with Crippen LogP contribution in [0.4, 0.5) is 5.82 Å². The molecular weight excluding hydrogens is 230 g/mol. The fourth-order valence-electron chi connectivity index (χ4n) is 1.76. The van der Waals surface area contributed by atoms with E-state index >= 15 is 0 Å². The van der Waals surface area contributed by atoms with Crippen molar-refractivity contribution < 1.29 is 9.59 Å². The molecule has 0 radical (unpaired) electrons. The van der Waals surface area contributed by atoms with Gasteiger partial charge in [0, 0.05) is 25.1 Å². The van der Waals surface area contributed by atoms with Crippen molar-refractivity contribution >= 4 is 17.6 Å². The predicted molar refractivity (Wildman–Crippen MR) is 67.8 cm³/mol. The molecule has 0 saturated heterocycles. The Balaban J connectivity index is 1.65. The lowest BCUT2D eigenvalue weighted by atomic mass is 10.3. The third-order valence-electron chi connectivity index (χ3n) is 3.03. The zero-order chi connectivity index (χ0) is 13.0. The summed E-state index contributed by atoms with van der Waals surface area (Å²) in [6, 6.07) is 5.31. The summed E-state index contributed by atoms with van der Waals surface area (Å²) < 4.78 is 0. The molecule has 2 atom stereocenters. The molecule has 0 aliphatic heterocycles. The van der Waals surface area contributed by atoms with Crippen LogP contribution in [0, 0.1) is 11.8 Å². The van der Waals surface area contributed by atoms with E-state index in [-0.39, 0.29) is 24.2 Å². The fourth-order valence-corrected chi connectivity index (χ4v) is 1.76. The zero-order valence-corrected chi connectivity index (χ0v) is 10.3. The van der Waals surface area contributed by atoms with Crippen LogP contribution >= 0.6 is 0 Å². The van der Waals surface area contributed by atoms with Crippen LogP contribution in [0.3, 0.4) is 0 Å². The van der Waals surface area contributed by atoms with Gasteiger partial charge in [0.2, 0.25) is 11.8 Å². The Labute approximate surface area is 106 Å². The molecule has 5 nitrogen and oxygen atoms in total. The van der Waals surface area contributed by atoms with E-state index in [2.05, 4.69) is 22.5 Å². The molecule has 1 fully saturated rings. The molecular formula is C13H17N3O2. The van der Waals surface area contributed by atoms with Crippen molar-refractivity contribution in [1.29, 1.82) is 0 Å². The van der Waals surface area contributed by atoms with Gasteiger partial charge in [0.1, 0.15) is 5.82 Å². The number of carbonyl (C=O) groups is 2. The Kier molecular flexibility index (Phi) is 3.92. The highest BCUT2D eigenvalue weighted by atomic mass is 16.2. The maximum atomic E-state index is 11.5. The first kappa shape index (κ1) is 12.5. The van der Waals surface area contributed by atoms with E-state index in [4.69, 9.17) is 0 Å². The first-order chi connectivity index (χ1) is 8.66. The van der Waals surface area contributed by atoms with Crippen LogP contribution < -0.4 is 10.6 Å². The lowest BCUT2D eigenvalue weighted by Gasteiger charge is -2.05. The topological polar surface area (TPSA) is 71.1 Å². The van der Waals surface area contributed by atoms with Crippen LogP contribution in [-0.4, -0.2) is 23.3 Å². The summed E-state index contributed by atoms with van der Waals surface area (Å²) in [7, 11) is 0. The Morgan fingerprint density at radius 1 is 1.44 bits per heavy atom. The van der Waals surface area contributed by atoms with Crippen molar-refractivity contribution in [3.05, 3.63) is 24.4 Å². The van der Waals surface area contributed by atoms with Gasteiger partial charge in [0.25, 0.3) is 0 Å². The van der Waals surface area contributed by atoms with Gasteiger partial charge in [-0.3, -0.25) is 9.59 Å². The van der Waals surface area contributed by atoms with Gasteiger partial charge in [-0.1, -0.05) is 13.0 Å². The van der Waals surface area contributed by atoms with Crippen molar-refractivity contribution in [2.75, 3.05) is 11.9 Å². The molecule has 5 heteroatoms. The van der Waals surface area contributed by atoms with E-state index in [1.165, 1.54) is 0 Å². The number of aromatic nitrogens is 1. The molecule has 2 rings (SSSR count). The van der Waals surface area contributed by atoms with Crippen molar-refractivity contribution in [2.45, 2.75) is 19.8 Å². The van der Waals surface area contributed by atoms with Crippen molar-refractivity contribution in [3.63, 3.8) is 0 Å². The number of anilines is 1. The summed E-state index contributed by atoms with van der Waals surface area (Å²) in [5.41, 5.74) is 0. The molecule has 0 unspecified atom stereocenters. The fraction of sp³-hybridized carbons (Fsp3) is 0.462. The maximum absolute atomic E-state index is 11.5. The Morgan fingerprint density at radius 3 is 2.83 bits per heavy atom. The normalized spacial score (nSPS) is 21.2. The van der Waals surface area contributed by atoms with Crippen LogP contribution in [0.15, 0.2) is 24.4 Å². The number of hydrogen-bond donors (Lipinski definition) is 2. The first-order valence-corrected chi connectivity index (χ1v) is 6.15. The minimum absolute atomic E-state index is 0.0631. The molecule has 96 valence electrons. The Bertz CT molecular complexity index is 433. The second-order valence-corrected chi connectivity index (χ2v) is 4.62. The van der Waals surface area contributed by atoms with Gasteiger partial charge in [-0.25, -0.2) is 4.98 Å². The Morgan fingerprint density at radius 2 is 2.22 bits per heavy atom. The van der Waals surface area contributed by atoms with E-state index in [0.717, 1.165) is 6.42 Å². The van der Waals surface area contributed by atoms with Crippen molar-refractivity contribution in [1.82, 2.24) is 10.3 Å². The van der Waals surface area contributed by atoms with Crippen LogP contribution in [0.5, 0.6) is 0 Å². The highest BCUT2D eigenvalue weighted by molar-refractivity contribution is 5.90. The van der Waals surface area contributed by atoms with E-state index in [1.54, 1.807) is 24.4 Å². The number of amides is 2. The van der Waals surface area contributed by atoms with Gasteiger partial charge in [-0.15, -0.1) is 0 Å². The van der Waals surface area contributed by atoms with Gasteiger partial charge in [0.05, 0.1) is 0 Å². The quantitative estimate of drug-likeness (QED) is 0.820. The van der Waals surface area contributed by atoms with E-state index in [1.807, 2.05) is 0 Å². The lowest BCUT2D eigenvalue weighted by Crippen LogP contribution is -2.29. The van der Waals surface area contributed by atoms with Gasteiger partial charge in [-0.2, -0.15) is 0 Å². The highest BCUT2D eigenvalue weighted by Gasteiger charge is 2.38. The molecule has 2 amide bonds. The monoisotopic (exact) mass is 247 g/mol. The molecule has 1 heterocycles. The molecule has 1 aliphatic carbocycles. The third-order valence-corrected chi connectivity index (χ3v) is 3.03. The average molecular weight is 247 g/mol. The van der Waals surface area contributed by atoms with Gasteiger partial charge in [0.15, 0.2) is 0 Å². The van der Waals surface area contributed by atoms with Crippen LogP contribution in [0.25, 0.3) is 0 Å². The molecule has 0 bridgehead atoms. The Hall–Kier alpha value is -1.91. The van der Waals surface area contributed by atoms with Crippen LogP contribution in [0.1, 0.15) is 19.8 Å². The van der Waals surface area contributed by atoms with Crippen LogP contribution in [0.2, 0.25) is 0 Å². The molecule has 1 aliphatic rings. The number of carbonyl (C=O) groups excluding carboxylic acids is 2. The number of nitrogens with one attached hydrogen (secondary N) is 2. The molecule has 1 aromatic heterocycles.